The van der Waals surface area contributed by atoms with Gasteiger partial charge in [-0.2, -0.15) is 0 Å². The van der Waals surface area contributed by atoms with Gasteiger partial charge in [0.2, 0.25) is 0 Å². The van der Waals surface area contributed by atoms with E-state index in [9.17, 15) is 4.79 Å². The van der Waals surface area contributed by atoms with Gasteiger partial charge in [-0.1, -0.05) is 18.2 Å². The van der Waals surface area contributed by atoms with Crippen LogP contribution in [0, 0.1) is 3.57 Å². The van der Waals surface area contributed by atoms with Crippen molar-refractivity contribution in [1.82, 2.24) is 0 Å². The number of rotatable bonds is 2. The highest BCUT2D eigenvalue weighted by atomic mass is 127. The number of carbonyl (C=O) groups is 1. The highest BCUT2D eigenvalue weighted by Crippen LogP contribution is 2.25. The molecular formula is C13H14INO. The predicted octanol–water partition coefficient (Wildman–Crippen LogP) is 3.36. The molecule has 1 amide bonds. The van der Waals surface area contributed by atoms with Crippen LogP contribution in [0.4, 0.5) is 5.69 Å². The fraction of sp³-hybridized carbons (Fsp3) is 0.308. The molecule has 1 aromatic carbocycles. The molecule has 0 aliphatic heterocycles. The molecular weight excluding hydrogens is 313 g/mol. The topological polar surface area (TPSA) is 20.3 Å². The summed E-state index contributed by atoms with van der Waals surface area (Å²) in [6, 6.07) is 7.95. The van der Waals surface area contributed by atoms with Crippen molar-refractivity contribution in [3.63, 3.8) is 0 Å². The van der Waals surface area contributed by atoms with Crippen LogP contribution < -0.4 is 4.90 Å². The van der Waals surface area contributed by atoms with Crippen LogP contribution in [0.2, 0.25) is 0 Å². The van der Waals surface area contributed by atoms with Crippen molar-refractivity contribution in [1.29, 1.82) is 0 Å². The quantitative estimate of drug-likeness (QED) is 0.763. The summed E-state index contributed by atoms with van der Waals surface area (Å²) in [5.41, 5.74) is 1.95. The third-order valence-corrected chi connectivity index (χ3v) is 3.75. The molecule has 0 atom stereocenters. The van der Waals surface area contributed by atoms with Crippen molar-refractivity contribution < 1.29 is 4.79 Å². The normalized spacial score (nSPS) is 14.8. The van der Waals surface area contributed by atoms with Gasteiger partial charge in [-0.25, -0.2) is 0 Å². The van der Waals surface area contributed by atoms with Gasteiger partial charge in [0.05, 0.1) is 5.69 Å². The first kappa shape index (κ1) is 11.6. The van der Waals surface area contributed by atoms with Crippen molar-refractivity contribution in [3.8, 4) is 0 Å². The van der Waals surface area contributed by atoms with E-state index in [4.69, 9.17) is 0 Å². The van der Waals surface area contributed by atoms with E-state index in [1.165, 1.54) is 0 Å². The molecule has 1 aliphatic rings. The van der Waals surface area contributed by atoms with E-state index in [-0.39, 0.29) is 5.91 Å². The van der Waals surface area contributed by atoms with Crippen molar-refractivity contribution in [2.75, 3.05) is 11.9 Å². The zero-order valence-corrected chi connectivity index (χ0v) is 11.4. The minimum absolute atomic E-state index is 0.140. The van der Waals surface area contributed by atoms with Gasteiger partial charge in [0.1, 0.15) is 0 Å². The van der Waals surface area contributed by atoms with Gasteiger partial charge < -0.3 is 4.90 Å². The van der Waals surface area contributed by atoms with Gasteiger partial charge in [-0.3, -0.25) is 4.79 Å². The Morgan fingerprint density at radius 1 is 1.38 bits per heavy atom. The first-order valence-corrected chi connectivity index (χ1v) is 6.49. The molecule has 0 unspecified atom stereocenters. The largest absolute Gasteiger partial charge is 0.311 e. The average molecular weight is 327 g/mol. The van der Waals surface area contributed by atoms with E-state index in [1.54, 1.807) is 4.90 Å². The number of hydrogen-bond donors (Lipinski definition) is 0. The number of hydrogen-bond acceptors (Lipinski definition) is 1. The molecule has 0 fully saturated rings. The Balaban J connectivity index is 2.22. The van der Waals surface area contributed by atoms with Crippen LogP contribution in [0.1, 0.15) is 19.3 Å². The zero-order valence-electron chi connectivity index (χ0n) is 9.24. The Morgan fingerprint density at radius 2 is 2.12 bits per heavy atom. The monoisotopic (exact) mass is 327 g/mol. The number of nitrogens with zero attached hydrogens (tertiary/aromatic N) is 1. The lowest BCUT2D eigenvalue weighted by Gasteiger charge is -2.19. The Bertz CT molecular complexity index is 439. The van der Waals surface area contributed by atoms with Crippen LogP contribution in [0.25, 0.3) is 0 Å². The minimum atomic E-state index is 0.140. The molecule has 2 rings (SSSR count). The first-order valence-electron chi connectivity index (χ1n) is 5.42. The van der Waals surface area contributed by atoms with Crippen molar-refractivity contribution in [3.05, 3.63) is 39.5 Å². The molecule has 0 N–H and O–H groups in total. The number of anilines is 1. The maximum atomic E-state index is 12.2. The van der Waals surface area contributed by atoms with Gasteiger partial charge in [-0.05, 0) is 54.0 Å². The molecule has 0 saturated heterocycles. The third kappa shape index (κ3) is 2.29. The lowest BCUT2D eigenvalue weighted by atomic mass is 10.2. The fourth-order valence-electron chi connectivity index (χ4n) is 1.91. The number of allylic oxidation sites excluding steroid dienone is 1. The SMILES string of the molecule is CN(C(=O)C1=CCCC1)c1ccccc1I. The Kier molecular flexibility index (Phi) is 3.63. The third-order valence-electron chi connectivity index (χ3n) is 2.83. The van der Waals surface area contributed by atoms with Gasteiger partial charge in [0.25, 0.3) is 5.91 Å². The van der Waals surface area contributed by atoms with Gasteiger partial charge in [0, 0.05) is 16.2 Å². The number of likely N-dealkylation sites (N-methyl/N-ethyl adjacent to an activating group) is 1. The van der Waals surface area contributed by atoms with E-state index < -0.39 is 0 Å². The number of halogens is 1. The van der Waals surface area contributed by atoms with E-state index >= 15 is 0 Å². The second-order valence-corrected chi connectivity index (χ2v) is 5.10. The molecule has 0 aromatic heterocycles. The van der Waals surface area contributed by atoms with Crippen LogP contribution in [-0.2, 0) is 4.79 Å². The zero-order chi connectivity index (χ0) is 11.5. The molecule has 1 aromatic rings. The molecule has 0 radical (unpaired) electrons. The Morgan fingerprint density at radius 3 is 2.75 bits per heavy atom. The van der Waals surface area contributed by atoms with Crippen molar-refractivity contribution in [2.45, 2.75) is 19.3 Å². The Hall–Kier alpha value is -0.840. The van der Waals surface area contributed by atoms with Crippen molar-refractivity contribution in [2.24, 2.45) is 0 Å². The fourth-order valence-corrected chi connectivity index (χ4v) is 2.66. The molecule has 3 heteroatoms. The average Bonchev–Trinajstić information content (AvgIpc) is 2.81. The summed E-state index contributed by atoms with van der Waals surface area (Å²) in [6.45, 7) is 0. The van der Waals surface area contributed by atoms with E-state index in [2.05, 4.69) is 28.7 Å². The van der Waals surface area contributed by atoms with Crippen molar-refractivity contribution >= 4 is 34.2 Å². The standard InChI is InChI=1S/C13H14INO/c1-15(12-9-5-4-8-11(12)14)13(16)10-6-2-3-7-10/h4-6,8-9H,2-3,7H2,1H3. The van der Waals surface area contributed by atoms with Crippen LogP contribution in [0.5, 0.6) is 0 Å². The van der Waals surface area contributed by atoms with E-state index in [0.29, 0.717) is 0 Å². The van der Waals surface area contributed by atoms with Crippen LogP contribution in [0.3, 0.4) is 0 Å². The number of para-hydroxylation sites is 1. The molecule has 0 heterocycles. The maximum Gasteiger partial charge on any atom is 0.253 e. The van der Waals surface area contributed by atoms with Crippen LogP contribution in [0.15, 0.2) is 35.9 Å². The highest BCUT2D eigenvalue weighted by Gasteiger charge is 2.19. The summed E-state index contributed by atoms with van der Waals surface area (Å²) in [5, 5.41) is 0. The second-order valence-electron chi connectivity index (χ2n) is 3.94. The summed E-state index contributed by atoms with van der Waals surface area (Å²) < 4.78 is 1.11. The van der Waals surface area contributed by atoms with E-state index in [0.717, 1.165) is 34.1 Å². The predicted molar refractivity (Wildman–Crippen MR) is 74.5 cm³/mol. The van der Waals surface area contributed by atoms with Gasteiger partial charge in [0.15, 0.2) is 0 Å². The maximum absolute atomic E-state index is 12.2. The first-order chi connectivity index (χ1) is 7.70. The Labute approximate surface area is 109 Å². The lowest BCUT2D eigenvalue weighted by Crippen LogP contribution is -2.27. The van der Waals surface area contributed by atoms with E-state index in [1.807, 2.05) is 31.3 Å². The van der Waals surface area contributed by atoms with Gasteiger partial charge >= 0.3 is 0 Å². The number of benzene rings is 1. The molecule has 0 saturated carbocycles. The number of carbonyl (C=O) groups excluding carboxylic acids is 1. The summed E-state index contributed by atoms with van der Waals surface area (Å²) in [6.07, 6.45) is 5.14. The molecule has 84 valence electrons. The molecule has 1 aliphatic carbocycles. The second kappa shape index (κ2) is 4.99. The smallest absolute Gasteiger partial charge is 0.253 e. The van der Waals surface area contributed by atoms with Gasteiger partial charge in [-0.15, -0.1) is 0 Å². The molecule has 0 spiro atoms. The van der Waals surface area contributed by atoms with Crippen LogP contribution >= 0.6 is 22.6 Å². The molecule has 0 bridgehead atoms. The molecule has 16 heavy (non-hydrogen) atoms. The summed E-state index contributed by atoms with van der Waals surface area (Å²) >= 11 is 2.26. The minimum Gasteiger partial charge on any atom is -0.311 e. The summed E-state index contributed by atoms with van der Waals surface area (Å²) in [7, 11) is 1.85. The summed E-state index contributed by atoms with van der Waals surface area (Å²) in [5.74, 6) is 0.140. The summed E-state index contributed by atoms with van der Waals surface area (Å²) in [4.78, 5) is 13.9. The lowest BCUT2D eigenvalue weighted by molar-refractivity contribution is -0.114. The number of amides is 1. The van der Waals surface area contributed by atoms with Crippen LogP contribution in [-0.4, -0.2) is 13.0 Å². The molecule has 2 nitrogen and oxygen atoms in total. The highest BCUT2D eigenvalue weighted by molar-refractivity contribution is 14.1.